The smallest absolute Gasteiger partial charge is 0.248 e. The van der Waals surface area contributed by atoms with E-state index in [9.17, 15) is 4.79 Å². The lowest BCUT2D eigenvalue weighted by atomic mass is 9.97. The van der Waals surface area contributed by atoms with Crippen LogP contribution in [0.1, 0.15) is 26.2 Å². The van der Waals surface area contributed by atoms with Gasteiger partial charge in [-0.2, -0.15) is 0 Å². The molecule has 2 rings (SSSR count). The highest BCUT2D eigenvalue weighted by atomic mass is 35.5. The summed E-state index contributed by atoms with van der Waals surface area (Å²) in [5.41, 5.74) is 5.98. The summed E-state index contributed by atoms with van der Waals surface area (Å²) < 4.78 is 11.0. The first-order chi connectivity index (χ1) is 10.7. The molecule has 0 spiro atoms. The van der Waals surface area contributed by atoms with Crippen molar-refractivity contribution in [2.24, 2.45) is 5.73 Å². The quantitative estimate of drug-likeness (QED) is 0.772. The van der Waals surface area contributed by atoms with E-state index in [1.807, 2.05) is 42.2 Å². The van der Waals surface area contributed by atoms with Gasteiger partial charge in [0.1, 0.15) is 19.0 Å². The fourth-order valence-corrected chi connectivity index (χ4v) is 2.79. The molecule has 1 heterocycles. The van der Waals surface area contributed by atoms with Gasteiger partial charge >= 0.3 is 0 Å². The Balaban J connectivity index is 0.00000264. The van der Waals surface area contributed by atoms with E-state index in [4.69, 9.17) is 15.2 Å². The van der Waals surface area contributed by atoms with Crippen LogP contribution < -0.4 is 10.5 Å². The molecule has 1 saturated heterocycles. The lowest BCUT2D eigenvalue weighted by molar-refractivity contribution is -0.140. The van der Waals surface area contributed by atoms with Crippen LogP contribution in [0.25, 0.3) is 0 Å². The summed E-state index contributed by atoms with van der Waals surface area (Å²) in [6.07, 6.45) is 3.17. The number of carbonyl (C=O) groups excluding carboxylic acids is 1. The fraction of sp³-hybridized carbons (Fsp3) is 0.588. The van der Waals surface area contributed by atoms with Gasteiger partial charge in [0.15, 0.2) is 0 Å². The van der Waals surface area contributed by atoms with Crippen molar-refractivity contribution < 1.29 is 14.3 Å². The third-order valence-electron chi connectivity index (χ3n) is 3.94. The average molecular weight is 343 g/mol. The van der Waals surface area contributed by atoms with Crippen molar-refractivity contribution in [3.63, 3.8) is 0 Å². The van der Waals surface area contributed by atoms with Crippen LogP contribution in [0.5, 0.6) is 5.75 Å². The highest BCUT2D eigenvalue weighted by Gasteiger charge is 2.28. The Kier molecular flexibility index (Phi) is 8.99. The second-order valence-electron chi connectivity index (χ2n) is 5.72. The average Bonchev–Trinajstić information content (AvgIpc) is 2.55. The summed E-state index contributed by atoms with van der Waals surface area (Å²) in [6.45, 7) is 3.69. The van der Waals surface area contributed by atoms with Crippen LogP contribution in [0, 0.1) is 0 Å². The van der Waals surface area contributed by atoms with E-state index < -0.39 is 0 Å². The number of nitrogens with two attached hydrogens (primary N) is 1. The summed E-state index contributed by atoms with van der Waals surface area (Å²) in [6, 6.07) is 9.72. The number of carbonyl (C=O) groups is 1. The molecule has 0 radical (unpaired) electrons. The van der Waals surface area contributed by atoms with Crippen molar-refractivity contribution in [1.82, 2.24) is 4.90 Å². The first-order valence-corrected chi connectivity index (χ1v) is 7.99. The first-order valence-electron chi connectivity index (χ1n) is 7.99. The van der Waals surface area contributed by atoms with Gasteiger partial charge in [0, 0.05) is 18.6 Å². The minimum Gasteiger partial charge on any atom is -0.491 e. The second kappa shape index (κ2) is 10.5. The molecule has 1 aliphatic heterocycles. The van der Waals surface area contributed by atoms with E-state index in [-0.39, 0.29) is 37.0 Å². The number of amides is 1. The molecule has 1 aromatic rings. The number of nitrogens with zero attached hydrogens (tertiary/aromatic N) is 1. The number of para-hydroxylation sites is 1. The van der Waals surface area contributed by atoms with Crippen LogP contribution in [-0.4, -0.2) is 49.3 Å². The molecule has 1 aliphatic rings. The zero-order chi connectivity index (χ0) is 15.8. The van der Waals surface area contributed by atoms with E-state index in [2.05, 4.69) is 0 Å². The maximum absolute atomic E-state index is 12.3. The molecule has 0 aromatic heterocycles. The largest absolute Gasteiger partial charge is 0.491 e. The number of rotatable bonds is 7. The summed E-state index contributed by atoms with van der Waals surface area (Å²) in [4.78, 5) is 14.1. The molecule has 0 aliphatic carbocycles. The summed E-state index contributed by atoms with van der Waals surface area (Å²) in [7, 11) is 0. The molecule has 2 atom stereocenters. The topological polar surface area (TPSA) is 64.8 Å². The van der Waals surface area contributed by atoms with Gasteiger partial charge in [-0.25, -0.2) is 0 Å². The molecule has 0 bridgehead atoms. The number of piperidine rings is 1. The highest BCUT2D eigenvalue weighted by molar-refractivity contribution is 5.85. The predicted octanol–water partition coefficient (Wildman–Crippen LogP) is 2.23. The first kappa shape index (κ1) is 19.7. The minimum absolute atomic E-state index is 0. The van der Waals surface area contributed by atoms with E-state index in [0.29, 0.717) is 13.2 Å². The normalized spacial score (nSPS) is 18.9. The van der Waals surface area contributed by atoms with Crippen LogP contribution in [0.4, 0.5) is 0 Å². The van der Waals surface area contributed by atoms with Crippen LogP contribution in [0.15, 0.2) is 30.3 Å². The third kappa shape index (κ3) is 6.37. The van der Waals surface area contributed by atoms with Gasteiger partial charge in [-0.3, -0.25) is 4.79 Å². The Morgan fingerprint density at radius 3 is 2.74 bits per heavy atom. The zero-order valence-electron chi connectivity index (χ0n) is 13.6. The minimum atomic E-state index is 0. The van der Waals surface area contributed by atoms with Crippen molar-refractivity contribution in [2.45, 2.75) is 38.3 Å². The van der Waals surface area contributed by atoms with Gasteiger partial charge in [-0.05, 0) is 38.3 Å². The molecule has 1 aromatic carbocycles. The SMILES string of the molecule is CC(N)C1CCCCN1C(=O)COCCOc1ccccc1.Cl. The standard InChI is InChI=1S/C17H26N2O3.ClH/c1-14(18)16-9-5-6-10-19(16)17(20)13-21-11-12-22-15-7-3-2-4-8-15;/h2-4,7-8,14,16H,5-6,9-13,18H2,1H3;1H. The van der Waals surface area contributed by atoms with Crippen molar-refractivity contribution >= 4 is 18.3 Å². The Hall–Kier alpha value is -1.30. The predicted molar refractivity (Wildman–Crippen MR) is 93.0 cm³/mol. The van der Waals surface area contributed by atoms with Crippen LogP contribution >= 0.6 is 12.4 Å². The molecule has 6 heteroatoms. The van der Waals surface area contributed by atoms with Gasteiger partial charge in [-0.15, -0.1) is 12.4 Å². The monoisotopic (exact) mass is 342 g/mol. The Morgan fingerprint density at radius 2 is 2.04 bits per heavy atom. The van der Waals surface area contributed by atoms with Crippen molar-refractivity contribution in [2.75, 3.05) is 26.4 Å². The van der Waals surface area contributed by atoms with Crippen molar-refractivity contribution in [3.05, 3.63) is 30.3 Å². The van der Waals surface area contributed by atoms with E-state index in [1.54, 1.807) is 0 Å². The maximum Gasteiger partial charge on any atom is 0.248 e. The van der Waals surface area contributed by atoms with Crippen LogP contribution in [0.3, 0.4) is 0 Å². The Morgan fingerprint density at radius 1 is 1.30 bits per heavy atom. The van der Waals surface area contributed by atoms with E-state index in [1.165, 1.54) is 0 Å². The van der Waals surface area contributed by atoms with Gasteiger partial charge in [0.2, 0.25) is 5.91 Å². The van der Waals surface area contributed by atoms with Gasteiger partial charge in [0.25, 0.3) is 0 Å². The molecular formula is C17H27ClN2O3. The maximum atomic E-state index is 12.3. The number of hydrogen-bond acceptors (Lipinski definition) is 4. The molecule has 1 amide bonds. The summed E-state index contributed by atoms with van der Waals surface area (Å²) in [5, 5.41) is 0. The Labute approximate surface area is 144 Å². The molecule has 0 saturated carbocycles. The summed E-state index contributed by atoms with van der Waals surface area (Å²) in [5.74, 6) is 0.840. The number of hydrogen-bond donors (Lipinski definition) is 1. The fourth-order valence-electron chi connectivity index (χ4n) is 2.79. The van der Waals surface area contributed by atoms with Crippen LogP contribution in [-0.2, 0) is 9.53 Å². The molecule has 2 N–H and O–H groups in total. The molecule has 23 heavy (non-hydrogen) atoms. The second-order valence-corrected chi connectivity index (χ2v) is 5.72. The molecule has 1 fully saturated rings. The highest BCUT2D eigenvalue weighted by Crippen LogP contribution is 2.19. The summed E-state index contributed by atoms with van der Waals surface area (Å²) >= 11 is 0. The number of likely N-dealkylation sites (tertiary alicyclic amines) is 1. The van der Waals surface area contributed by atoms with Gasteiger partial charge in [-0.1, -0.05) is 18.2 Å². The van der Waals surface area contributed by atoms with Crippen molar-refractivity contribution in [3.8, 4) is 5.75 Å². The number of ether oxygens (including phenoxy) is 2. The molecular weight excluding hydrogens is 316 g/mol. The third-order valence-corrected chi connectivity index (χ3v) is 3.94. The number of benzene rings is 1. The molecule has 130 valence electrons. The van der Waals surface area contributed by atoms with Crippen LogP contribution in [0.2, 0.25) is 0 Å². The van der Waals surface area contributed by atoms with Gasteiger partial charge in [0.05, 0.1) is 6.61 Å². The number of halogens is 1. The lowest BCUT2D eigenvalue weighted by Gasteiger charge is -2.38. The lowest BCUT2D eigenvalue weighted by Crippen LogP contribution is -2.52. The van der Waals surface area contributed by atoms with E-state index >= 15 is 0 Å². The Bertz CT molecular complexity index is 456. The molecule has 5 nitrogen and oxygen atoms in total. The zero-order valence-corrected chi connectivity index (χ0v) is 14.5. The van der Waals surface area contributed by atoms with Gasteiger partial charge < -0.3 is 20.1 Å². The van der Waals surface area contributed by atoms with E-state index in [0.717, 1.165) is 31.6 Å². The molecule has 2 unspecified atom stereocenters. The van der Waals surface area contributed by atoms with Crippen molar-refractivity contribution in [1.29, 1.82) is 0 Å².